The van der Waals surface area contributed by atoms with Crippen LogP contribution in [0, 0.1) is 5.92 Å². The molecule has 2 heteroatoms. The molecule has 1 aromatic rings. The first-order valence-electron chi connectivity index (χ1n) is 7.47. The highest BCUT2D eigenvalue weighted by atomic mass is 35.5. The summed E-state index contributed by atoms with van der Waals surface area (Å²) >= 11 is 6.64. The minimum absolute atomic E-state index is 0.120. The van der Waals surface area contributed by atoms with E-state index in [4.69, 9.17) is 16.3 Å². The van der Waals surface area contributed by atoms with E-state index in [0.29, 0.717) is 0 Å². The Labute approximate surface area is 121 Å². The standard InChI is InChI=1S/C17H23ClO/c1-17(2)11-19-16-8-7-13(10-14(16)17)15(18)9-12-5-3-4-6-12/h7-8,10,12,15H,3-6,9,11H2,1-2H3. The Kier molecular flexibility index (Phi) is 3.51. The van der Waals surface area contributed by atoms with Crippen LogP contribution in [-0.4, -0.2) is 6.61 Å². The molecule has 1 nitrogen and oxygen atoms in total. The lowest BCUT2D eigenvalue weighted by Gasteiger charge is -2.19. The molecule has 0 radical (unpaired) electrons. The number of rotatable bonds is 3. The lowest BCUT2D eigenvalue weighted by atomic mass is 9.85. The Hall–Kier alpha value is -0.690. The summed E-state index contributed by atoms with van der Waals surface area (Å²) in [4.78, 5) is 0. The topological polar surface area (TPSA) is 9.23 Å². The molecule has 1 atom stereocenters. The zero-order valence-corrected chi connectivity index (χ0v) is 12.7. The highest BCUT2D eigenvalue weighted by molar-refractivity contribution is 6.20. The summed E-state index contributed by atoms with van der Waals surface area (Å²) in [7, 11) is 0. The first-order valence-corrected chi connectivity index (χ1v) is 7.91. The number of halogens is 1. The molecule has 1 aliphatic carbocycles. The molecule has 2 aliphatic rings. The zero-order chi connectivity index (χ0) is 13.5. The van der Waals surface area contributed by atoms with Crippen molar-refractivity contribution in [2.75, 3.05) is 6.61 Å². The van der Waals surface area contributed by atoms with Crippen LogP contribution in [0.5, 0.6) is 5.75 Å². The van der Waals surface area contributed by atoms with Crippen LogP contribution in [0.1, 0.15) is 62.5 Å². The number of benzene rings is 1. The van der Waals surface area contributed by atoms with E-state index >= 15 is 0 Å². The predicted octanol–water partition coefficient (Wildman–Crippen LogP) is 5.22. The first-order chi connectivity index (χ1) is 9.06. The molecule has 1 heterocycles. The van der Waals surface area contributed by atoms with Crippen LogP contribution in [0.3, 0.4) is 0 Å². The van der Waals surface area contributed by atoms with Crippen LogP contribution in [0.25, 0.3) is 0 Å². The molecule has 0 spiro atoms. The Bertz CT molecular complexity index is 460. The fourth-order valence-corrected chi connectivity index (χ4v) is 3.80. The molecule has 1 aromatic carbocycles. The monoisotopic (exact) mass is 278 g/mol. The average Bonchev–Trinajstić information content (AvgIpc) is 2.98. The zero-order valence-electron chi connectivity index (χ0n) is 11.9. The second kappa shape index (κ2) is 5.01. The highest BCUT2D eigenvalue weighted by Gasteiger charge is 2.32. The van der Waals surface area contributed by atoms with Gasteiger partial charge in [-0.25, -0.2) is 0 Å². The lowest BCUT2D eigenvalue weighted by molar-refractivity contribution is 0.291. The lowest BCUT2D eigenvalue weighted by Crippen LogP contribution is -2.18. The SMILES string of the molecule is CC1(C)COc2ccc(C(Cl)CC3CCCC3)cc21. The van der Waals surface area contributed by atoms with Crippen molar-refractivity contribution in [2.45, 2.75) is 56.7 Å². The van der Waals surface area contributed by atoms with Gasteiger partial charge in [0.1, 0.15) is 5.75 Å². The van der Waals surface area contributed by atoms with E-state index in [1.165, 1.54) is 36.8 Å². The van der Waals surface area contributed by atoms with Crippen molar-refractivity contribution in [2.24, 2.45) is 5.92 Å². The van der Waals surface area contributed by atoms with Crippen LogP contribution in [-0.2, 0) is 5.41 Å². The minimum atomic E-state index is 0.120. The second-order valence-corrected chi connectivity index (χ2v) is 7.31. The molecule has 0 amide bonds. The molecule has 104 valence electrons. The van der Waals surface area contributed by atoms with E-state index in [1.54, 1.807) is 0 Å². The number of hydrogen-bond donors (Lipinski definition) is 0. The Morgan fingerprint density at radius 1 is 1.32 bits per heavy atom. The molecule has 0 saturated heterocycles. The van der Waals surface area contributed by atoms with Crippen molar-refractivity contribution >= 4 is 11.6 Å². The molecule has 3 rings (SSSR count). The van der Waals surface area contributed by atoms with Crippen molar-refractivity contribution in [1.29, 1.82) is 0 Å². The number of alkyl halides is 1. The van der Waals surface area contributed by atoms with Gasteiger partial charge in [0.05, 0.1) is 12.0 Å². The predicted molar refractivity (Wildman–Crippen MR) is 80.1 cm³/mol. The van der Waals surface area contributed by atoms with Crippen LogP contribution in [0.4, 0.5) is 0 Å². The molecule has 1 aliphatic heterocycles. The van der Waals surface area contributed by atoms with Crippen molar-refractivity contribution in [1.82, 2.24) is 0 Å². The molecule has 1 unspecified atom stereocenters. The summed E-state index contributed by atoms with van der Waals surface area (Å²) in [6.07, 6.45) is 6.63. The molecule has 0 aromatic heterocycles. The third kappa shape index (κ3) is 2.63. The third-order valence-electron chi connectivity index (χ3n) is 4.70. The minimum Gasteiger partial charge on any atom is -0.492 e. The average molecular weight is 279 g/mol. The van der Waals surface area contributed by atoms with Gasteiger partial charge in [-0.3, -0.25) is 0 Å². The van der Waals surface area contributed by atoms with E-state index in [1.807, 2.05) is 0 Å². The summed E-state index contributed by atoms with van der Waals surface area (Å²) in [6.45, 7) is 5.26. The van der Waals surface area contributed by atoms with Crippen LogP contribution >= 0.6 is 11.6 Å². The number of ether oxygens (including phenoxy) is 1. The van der Waals surface area contributed by atoms with Crippen LogP contribution in [0.2, 0.25) is 0 Å². The van der Waals surface area contributed by atoms with Gasteiger partial charge >= 0.3 is 0 Å². The van der Waals surface area contributed by atoms with Crippen LogP contribution < -0.4 is 4.74 Å². The third-order valence-corrected chi connectivity index (χ3v) is 5.13. The van der Waals surface area contributed by atoms with Crippen molar-refractivity contribution in [3.8, 4) is 5.75 Å². The summed E-state index contributed by atoms with van der Waals surface area (Å²) in [6, 6.07) is 6.52. The maximum absolute atomic E-state index is 6.64. The molecule has 0 bridgehead atoms. The van der Waals surface area contributed by atoms with Gasteiger partial charge in [-0.05, 0) is 30.0 Å². The quantitative estimate of drug-likeness (QED) is 0.689. The van der Waals surface area contributed by atoms with Crippen molar-refractivity contribution < 1.29 is 4.74 Å². The number of fused-ring (bicyclic) bond motifs is 1. The Balaban J connectivity index is 1.78. The molecule has 19 heavy (non-hydrogen) atoms. The van der Waals surface area contributed by atoms with Crippen LogP contribution in [0.15, 0.2) is 18.2 Å². The van der Waals surface area contributed by atoms with E-state index < -0.39 is 0 Å². The fourth-order valence-electron chi connectivity index (χ4n) is 3.41. The summed E-state index contributed by atoms with van der Waals surface area (Å²) in [5, 5.41) is 0.157. The van der Waals surface area contributed by atoms with Gasteiger partial charge in [-0.1, -0.05) is 45.6 Å². The molecular weight excluding hydrogens is 256 g/mol. The van der Waals surface area contributed by atoms with Gasteiger partial charge in [-0.15, -0.1) is 11.6 Å². The number of hydrogen-bond acceptors (Lipinski definition) is 1. The van der Waals surface area contributed by atoms with Gasteiger partial charge in [0, 0.05) is 11.0 Å². The van der Waals surface area contributed by atoms with Gasteiger partial charge in [0.15, 0.2) is 0 Å². The van der Waals surface area contributed by atoms with Crippen molar-refractivity contribution in [3.63, 3.8) is 0 Å². The maximum atomic E-state index is 6.64. The molecule has 1 saturated carbocycles. The van der Waals surface area contributed by atoms with Crippen molar-refractivity contribution in [3.05, 3.63) is 29.3 Å². The maximum Gasteiger partial charge on any atom is 0.123 e. The highest BCUT2D eigenvalue weighted by Crippen LogP contribution is 2.42. The second-order valence-electron chi connectivity index (χ2n) is 6.78. The van der Waals surface area contributed by atoms with E-state index in [0.717, 1.165) is 24.7 Å². The van der Waals surface area contributed by atoms with Gasteiger partial charge < -0.3 is 4.74 Å². The molecular formula is C17H23ClO. The van der Waals surface area contributed by atoms with Gasteiger partial charge in [-0.2, -0.15) is 0 Å². The van der Waals surface area contributed by atoms with Gasteiger partial charge in [0.2, 0.25) is 0 Å². The molecule has 1 fully saturated rings. The Morgan fingerprint density at radius 3 is 2.79 bits per heavy atom. The first kappa shape index (κ1) is 13.3. The fraction of sp³-hybridized carbons (Fsp3) is 0.647. The Morgan fingerprint density at radius 2 is 2.05 bits per heavy atom. The molecule has 0 N–H and O–H groups in total. The smallest absolute Gasteiger partial charge is 0.123 e. The van der Waals surface area contributed by atoms with E-state index in [2.05, 4.69) is 32.0 Å². The normalized spacial score (nSPS) is 23.1. The van der Waals surface area contributed by atoms with Gasteiger partial charge in [0.25, 0.3) is 0 Å². The van der Waals surface area contributed by atoms with E-state index in [-0.39, 0.29) is 10.8 Å². The largest absolute Gasteiger partial charge is 0.492 e. The summed E-state index contributed by atoms with van der Waals surface area (Å²) in [5.74, 6) is 1.87. The van der Waals surface area contributed by atoms with E-state index in [9.17, 15) is 0 Å². The summed E-state index contributed by atoms with van der Waals surface area (Å²) in [5.41, 5.74) is 2.71. The summed E-state index contributed by atoms with van der Waals surface area (Å²) < 4.78 is 5.74.